The molecule has 86 valence electrons. The van der Waals surface area contributed by atoms with Crippen molar-refractivity contribution in [3.63, 3.8) is 0 Å². The summed E-state index contributed by atoms with van der Waals surface area (Å²) in [7, 11) is 0. The zero-order valence-corrected chi connectivity index (χ0v) is 8.44. The lowest BCUT2D eigenvalue weighted by molar-refractivity contribution is 0.268. The largest absolute Gasteiger partial charge is 0.396 e. The summed E-state index contributed by atoms with van der Waals surface area (Å²) < 4.78 is 14.0. The third-order valence-corrected chi connectivity index (χ3v) is 2.89. The van der Waals surface area contributed by atoms with Gasteiger partial charge in [0.1, 0.15) is 0 Å². The smallest absolute Gasteiger partial charge is 0.328 e. The molecule has 5 nitrogen and oxygen atoms in total. The number of halogens is 1. The lowest BCUT2D eigenvalue weighted by atomic mass is 10.3. The van der Waals surface area contributed by atoms with Crippen LogP contribution in [0.25, 0.3) is 0 Å². The Kier molecular flexibility index (Phi) is 2.51. The minimum absolute atomic E-state index is 0.0204. The predicted molar refractivity (Wildman–Crippen MR) is 54.5 cm³/mol. The quantitative estimate of drug-likeness (QED) is 0.680. The predicted octanol–water partition coefficient (Wildman–Crippen LogP) is -0.530. The summed E-state index contributed by atoms with van der Waals surface area (Å²) in [6, 6.07) is 0. The van der Waals surface area contributed by atoms with E-state index in [0.29, 0.717) is 0 Å². The van der Waals surface area contributed by atoms with Gasteiger partial charge in [0.25, 0.3) is 5.56 Å². The van der Waals surface area contributed by atoms with E-state index < -0.39 is 17.1 Å². The van der Waals surface area contributed by atoms with Gasteiger partial charge >= 0.3 is 5.69 Å². The van der Waals surface area contributed by atoms with Gasteiger partial charge in [0.15, 0.2) is 0 Å². The Hall–Kier alpha value is -1.69. The Balaban J connectivity index is 2.24. The standard InChI is InChI=1S/C10H11FN2O3/c1-5-6(7(5)4-14)2-13-3-8(11)9(15)12-10(13)16/h3,6-7,14H,1-2,4H2,(H,12,15,16)/t6-,7-/m0/s1. The lowest BCUT2D eigenvalue weighted by Crippen LogP contribution is -2.32. The highest BCUT2D eigenvalue weighted by Gasteiger charge is 2.41. The molecule has 1 aromatic rings. The summed E-state index contributed by atoms with van der Waals surface area (Å²) >= 11 is 0. The number of nitrogens with zero attached hydrogens (tertiary/aromatic N) is 1. The molecule has 1 fully saturated rings. The first-order chi connectivity index (χ1) is 7.54. The number of aliphatic hydroxyl groups excluding tert-OH is 1. The molecule has 1 aliphatic carbocycles. The van der Waals surface area contributed by atoms with Gasteiger partial charge in [-0.3, -0.25) is 14.3 Å². The van der Waals surface area contributed by atoms with Gasteiger partial charge in [0.05, 0.1) is 12.8 Å². The normalized spacial score (nSPS) is 23.5. The molecule has 16 heavy (non-hydrogen) atoms. The van der Waals surface area contributed by atoms with Crippen molar-refractivity contribution in [2.24, 2.45) is 11.8 Å². The fourth-order valence-corrected chi connectivity index (χ4v) is 1.76. The maximum absolute atomic E-state index is 12.9. The number of aliphatic hydroxyl groups is 1. The Bertz CT molecular complexity index is 546. The molecule has 0 saturated heterocycles. The molecule has 1 aliphatic rings. The average molecular weight is 226 g/mol. The second-order valence-corrected chi connectivity index (χ2v) is 3.86. The summed E-state index contributed by atoms with van der Waals surface area (Å²) in [5, 5.41) is 8.91. The number of H-pyrrole nitrogens is 1. The maximum Gasteiger partial charge on any atom is 0.328 e. The second-order valence-electron chi connectivity index (χ2n) is 3.86. The van der Waals surface area contributed by atoms with E-state index in [0.717, 1.165) is 16.3 Å². The van der Waals surface area contributed by atoms with Crippen LogP contribution in [0, 0.1) is 17.7 Å². The third-order valence-electron chi connectivity index (χ3n) is 2.89. The van der Waals surface area contributed by atoms with Crippen molar-refractivity contribution in [3.8, 4) is 0 Å². The summed E-state index contributed by atoms with van der Waals surface area (Å²) in [5.74, 6) is -1.04. The molecule has 0 aliphatic heterocycles. The molecule has 1 heterocycles. The van der Waals surface area contributed by atoms with Crippen LogP contribution in [0.15, 0.2) is 27.9 Å². The van der Waals surface area contributed by atoms with Crippen molar-refractivity contribution in [1.29, 1.82) is 0 Å². The van der Waals surface area contributed by atoms with Gasteiger partial charge in [0, 0.05) is 18.4 Å². The van der Waals surface area contributed by atoms with Crippen LogP contribution in [0.3, 0.4) is 0 Å². The molecule has 0 spiro atoms. The molecule has 0 aromatic carbocycles. The van der Waals surface area contributed by atoms with E-state index in [2.05, 4.69) is 6.58 Å². The maximum atomic E-state index is 12.9. The van der Waals surface area contributed by atoms with Gasteiger partial charge in [-0.2, -0.15) is 4.39 Å². The summed E-state index contributed by atoms with van der Waals surface area (Å²) in [6.07, 6.45) is 0.876. The molecule has 0 radical (unpaired) electrons. The number of hydrogen-bond acceptors (Lipinski definition) is 3. The van der Waals surface area contributed by atoms with Crippen molar-refractivity contribution in [3.05, 3.63) is 45.0 Å². The van der Waals surface area contributed by atoms with Crippen LogP contribution in [0.5, 0.6) is 0 Å². The molecular weight excluding hydrogens is 215 g/mol. The first kappa shape index (κ1) is 10.8. The van der Waals surface area contributed by atoms with Gasteiger partial charge < -0.3 is 5.11 Å². The van der Waals surface area contributed by atoms with Crippen molar-refractivity contribution in [1.82, 2.24) is 9.55 Å². The number of hydrogen-bond donors (Lipinski definition) is 2. The first-order valence-corrected chi connectivity index (χ1v) is 4.83. The van der Waals surface area contributed by atoms with Gasteiger partial charge in [-0.25, -0.2) is 4.79 Å². The summed E-state index contributed by atoms with van der Waals surface area (Å²) in [6.45, 7) is 3.93. The van der Waals surface area contributed by atoms with E-state index in [1.54, 1.807) is 0 Å². The molecule has 2 atom stereocenters. The molecule has 2 N–H and O–H groups in total. The lowest BCUT2D eigenvalue weighted by Gasteiger charge is -2.02. The van der Waals surface area contributed by atoms with E-state index >= 15 is 0 Å². The van der Waals surface area contributed by atoms with Gasteiger partial charge in [-0.15, -0.1) is 0 Å². The zero-order valence-electron chi connectivity index (χ0n) is 8.44. The van der Waals surface area contributed by atoms with Crippen LogP contribution in [0.2, 0.25) is 0 Å². The van der Waals surface area contributed by atoms with E-state index in [-0.39, 0.29) is 25.0 Å². The van der Waals surface area contributed by atoms with Gasteiger partial charge in [0.2, 0.25) is 5.82 Å². The number of nitrogens with one attached hydrogen (secondary N) is 1. The Morgan fingerprint density at radius 3 is 2.75 bits per heavy atom. The fraction of sp³-hybridized carbons (Fsp3) is 0.400. The second kappa shape index (κ2) is 3.71. The van der Waals surface area contributed by atoms with E-state index in [4.69, 9.17) is 5.11 Å². The Morgan fingerprint density at radius 2 is 2.19 bits per heavy atom. The van der Waals surface area contributed by atoms with E-state index in [1.165, 1.54) is 0 Å². The molecule has 6 heteroatoms. The van der Waals surface area contributed by atoms with Crippen LogP contribution in [-0.2, 0) is 6.54 Å². The zero-order chi connectivity index (χ0) is 11.9. The fourth-order valence-electron chi connectivity index (χ4n) is 1.76. The first-order valence-electron chi connectivity index (χ1n) is 4.83. The van der Waals surface area contributed by atoms with Crippen molar-refractivity contribution in [2.75, 3.05) is 6.61 Å². The van der Waals surface area contributed by atoms with Crippen molar-refractivity contribution in [2.45, 2.75) is 6.54 Å². The molecule has 0 unspecified atom stereocenters. The molecular formula is C10H11FN2O3. The number of aromatic nitrogens is 2. The molecule has 2 rings (SSSR count). The van der Waals surface area contributed by atoms with Gasteiger partial charge in [-0.05, 0) is 0 Å². The Labute approximate surface area is 89.9 Å². The SMILES string of the molecule is C=C1[C@H](CO)[C@H]1Cn1cc(F)c(=O)[nH]c1=O. The highest BCUT2D eigenvalue weighted by Crippen LogP contribution is 2.44. The molecule has 1 saturated carbocycles. The highest BCUT2D eigenvalue weighted by molar-refractivity contribution is 5.25. The van der Waals surface area contributed by atoms with Crippen LogP contribution in [0.4, 0.5) is 4.39 Å². The van der Waals surface area contributed by atoms with E-state index in [9.17, 15) is 14.0 Å². The highest BCUT2D eigenvalue weighted by atomic mass is 19.1. The summed E-state index contributed by atoms with van der Waals surface area (Å²) in [5.41, 5.74) is -0.821. The van der Waals surface area contributed by atoms with Crippen LogP contribution in [0.1, 0.15) is 0 Å². The van der Waals surface area contributed by atoms with Crippen LogP contribution < -0.4 is 11.2 Å². The average Bonchev–Trinajstić information content (AvgIpc) is 2.85. The minimum atomic E-state index is -1.02. The third kappa shape index (κ3) is 1.71. The van der Waals surface area contributed by atoms with Gasteiger partial charge in [-0.1, -0.05) is 12.2 Å². The van der Waals surface area contributed by atoms with Crippen molar-refractivity contribution < 1.29 is 9.50 Å². The number of aromatic amines is 1. The Morgan fingerprint density at radius 1 is 1.50 bits per heavy atom. The van der Waals surface area contributed by atoms with E-state index in [1.807, 2.05) is 4.98 Å². The monoisotopic (exact) mass is 226 g/mol. The number of rotatable bonds is 3. The van der Waals surface area contributed by atoms with Crippen LogP contribution in [-0.4, -0.2) is 21.3 Å². The molecule has 1 aromatic heterocycles. The minimum Gasteiger partial charge on any atom is -0.396 e. The van der Waals surface area contributed by atoms with Crippen molar-refractivity contribution >= 4 is 0 Å². The molecule has 0 amide bonds. The molecule has 0 bridgehead atoms. The summed E-state index contributed by atoms with van der Waals surface area (Å²) in [4.78, 5) is 24.0. The van der Waals surface area contributed by atoms with Crippen LogP contribution >= 0.6 is 0 Å². The topological polar surface area (TPSA) is 75.1 Å².